The molecule has 0 fully saturated rings. The third-order valence-electron chi connectivity index (χ3n) is 3.02. The quantitative estimate of drug-likeness (QED) is 0.884. The number of rotatable bonds is 5. The molecule has 0 aliphatic carbocycles. The molecule has 0 aromatic heterocycles. The molecule has 0 aliphatic heterocycles. The van der Waals surface area contributed by atoms with Gasteiger partial charge in [0, 0.05) is 13.1 Å². The zero-order valence-corrected chi connectivity index (χ0v) is 12.2. The Morgan fingerprint density at radius 1 is 1.05 bits per heavy atom. The monoisotopic (exact) mass is 290 g/mol. The summed E-state index contributed by atoms with van der Waals surface area (Å²) in [7, 11) is -3.47. The Bertz CT molecular complexity index is 679. The third kappa shape index (κ3) is 3.66. The van der Waals surface area contributed by atoms with Crippen molar-refractivity contribution >= 4 is 10.0 Å². The van der Waals surface area contributed by atoms with Gasteiger partial charge in [-0.3, -0.25) is 0 Å². The lowest BCUT2D eigenvalue weighted by molar-refractivity contribution is 0.581. The van der Waals surface area contributed by atoms with Crippen molar-refractivity contribution < 1.29 is 8.42 Å². The van der Waals surface area contributed by atoms with Crippen LogP contribution in [0.5, 0.6) is 0 Å². The first kappa shape index (κ1) is 14.7. The highest BCUT2D eigenvalue weighted by Crippen LogP contribution is 2.11. The Kier molecular flexibility index (Phi) is 4.54. The maximum atomic E-state index is 12.1. The molecule has 0 saturated heterocycles. The van der Waals surface area contributed by atoms with Crippen molar-refractivity contribution in [3.63, 3.8) is 0 Å². The number of hydrogen-bond acceptors (Lipinski definition) is 3. The largest absolute Gasteiger partial charge is 0.326 e. The topological polar surface area (TPSA) is 72.2 Å². The van der Waals surface area contributed by atoms with Gasteiger partial charge in [-0.2, -0.15) is 0 Å². The molecule has 0 saturated carbocycles. The van der Waals surface area contributed by atoms with Crippen molar-refractivity contribution in [1.82, 2.24) is 4.72 Å². The molecule has 20 heavy (non-hydrogen) atoms. The van der Waals surface area contributed by atoms with E-state index in [2.05, 4.69) is 4.72 Å². The lowest BCUT2D eigenvalue weighted by atomic mass is 10.1. The molecule has 0 spiro atoms. The van der Waals surface area contributed by atoms with Gasteiger partial charge in [0.25, 0.3) is 0 Å². The highest BCUT2D eigenvalue weighted by atomic mass is 32.2. The second-order valence-corrected chi connectivity index (χ2v) is 6.43. The van der Waals surface area contributed by atoms with Gasteiger partial charge in [-0.1, -0.05) is 36.4 Å². The maximum Gasteiger partial charge on any atom is 0.240 e. The van der Waals surface area contributed by atoms with Crippen LogP contribution < -0.4 is 10.5 Å². The van der Waals surface area contributed by atoms with Crippen molar-refractivity contribution in [2.24, 2.45) is 5.73 Å². The summed E-state index contributed by atoms with van der Waals surface area (Å²) in [6, 6.07) is 14.4. The van der Waals surface area contributed by atoms with Gasteiger partial charge in [0.15, 0.2) is 0 Å². The van der Waals surface area contributed by atoms with E-state index in [1.54, 1.807) is 18.2 Å². The molecular formula is C15H18N2O2S. The fourth-order valence-corrected chi connectivity index (χ4v) is 2.96. The highest BCUT2D eigenvalue weighted by molar-refractivity contribution is 7.89. The van der Waals surface area contributed by atoms with Crippen molar-refractivity contribution in [3.05, 3.63) is 65.2 Å². The average molecular weight is 290 g/mol. The molecule has 0 bridgehead atoms. The minimum absolute atomic E-state index is 0.265. The van der Waals surface area contributed by atoms with E-state index in [4.69, 9.17) is 5.73 Å². The summed E-state index contributed by atoms with van der Waals surface area (Å²) in [5, 5.41) is 0. The molecule has 0 atom stereocenters. The molecule has 0 radical (unpaired) electrons. The molecule has 0 unspecified atom stereocenters. The SMILES string of the molecule is Cc1cccc(S(=O)(=O)NCc2ccc(CN)cc2)c1. The lowest BCUT2D eigenvalue weighted by Crippen LogP contribution is -2.23. The molecule has 0 aliphatic rings. The smallest absolute Gasteiger partial charge is 0.240 e. The van der Waals surface area contributed by atoms with Crippen LogP contribution in [0, 0.1) is 6.92 Å². The first-order valence-corrected chi connectivity index (χ1v) is 7.84. The number of hydrogen-bond donors (Lipinski definition) is 2. The zero-order valence-electron chi connectivity index (χ0n) is 11.3. The van der Waals surface area contributed by atoms with E-state index < -0.39 is 10.0 Å². The van der Waals surface area contributed by atoms with Crippen molar-refractivity contribution in [3.8, 4) is 0 Å². The summed E-state index contributed by atoms with van der Waals surface area (Å²) >= 11 is 0. The van der Waals surface area contributed by atoms with Gasteiger partial charge in [-0.05, 0) is 35.7 Å². The maximum absolute atomic E-state index is 12.1. The molecule has 0 amide bonds. The predicted molar refractivity (Wildman–Crippen MR) is 79.5 cm³/mol. The lowest BCUT2D eigenvalue weighted by Gasteiger charge is -2.08. The molecule has 3 N–H and O–H groups in total. The van der Waals surface area contributed by atoms with Crippen LogP contribution in [0.2, 0.25) is 0 Å². The van der Waals surface area contributed by atoms with Gasteiger partial charge < -0.3 is 5.73 Å². The Balaban J connectivity index is 2.09. The molecule has 2 aromatic rings. The van der Waals surface area contributed by atoms with Gasteiger partial charge >= 0.3 is 0 Å². The Hall–Kier alpha value is -1.69. The van der Waals surface area contributed by atoms with E-state index in [0.29, 0.717) is 6.54 Å². The summed E-state index contributed by atoms with van der Waals surface area (Å²) in [5.74, 6) is 0. The molecule has 4 nitrogen and oxygen atoms in total. The standard InChI is InChI=1S/C15H18N2O2S/c1-12-3-2-4-15(9-12)20(18,19)17-11-14-7-5-13(10-16)6-8-14/h2-9,17H,10-11,16H2,1H3. The van der Waals surface area contributed by atoms with Gasteiger partial charge in [0.05, 0.1) is 4.90 Å². The Labute approximate surface area is 119 Å². The van der Waals surface area contributed by atoms with E-state index in [0.717, 1.165) is 16.7 Å². The Morgan fingerprint density at radius 3 is 2.30 bits per heavy atom. The van der Waals surface area contributed by atoms with Crippen molar-refractivity contribution in [2.45, 2.75) is 24.9 Å². The minimum Gasteiger partial charge on any atom is -0.326 e. The van der Waals surface area contributed by atoms with Crippen LogP contribution in [0.15, 0.2) is 53.4 Å². The summed E-state index contributed by atoms with van der Waals surface area (Å²) in [6.45, 7) is 2.61. The molecule has 0 heterocycles. The predicted octanol–water partition coefficient (Wildman–Crippen LogP) is 1.93. The minimum atomic E-state index is -3.47. The number of sulfonamides is 1. The van der Waals surface area contributed by atoms with Crippen LogP contribution in [-0.4, -0.2) is 8.42 Å². The number of aryl methyl sites for hydroxylation is 1. The fraction of sp³-hybridized carbons (Fsp3) is 0.200. The van der Waals surface area contributed by atoms with Crippen molar-refractivity contribution in [1.29, 1.82) is 0 Å². The van der Waals surface area contributed by atoms with Gasteiger partial charge in [-0.25, -0.2) is 13.1 Å². The number of nitrogens with one attached hydrogen (secondary N) is 1. The average Bonchev–Trinajstić information content (AvgIpc) is 2.46. The second kappa shape index (κ2) is 6.17. The van der Waals surface area contributed by atoms with Crippen molar-refractivity contribution in [2.75, 3.05) is 0 Å². The van der Waals surface area contributed by atoms with Crippen LogP contribution in [0.4, 0.5) is 0 Å². The third-order valence-corrected chi connectivity index (χ3v) is 4.42. The summed E-state index contributed by atoms with van der Waals surface area (Å²) in [5.41, 5.74) is 8.36. The second-order valence-electron chi connectivity index (χ2n) is 4.66. The first-order valence-electron chi connectivity index (χ1n) is 6.35. The fourth-order valence-electron chi connectivity index (χ4n) is 1.84. The molecule has 2 rings (SSSR count). The molecule has 106 valence electrons. The number of benzene rings is 2. The molecule has 5 heteroatoms. The normalized spacial score (nSPS) is 11.5. The Morgan fingerprint density at radius 2 is 1.70 bits per heavy atom. The van der Waals surface area contributed by atoms with E-state index in [9.17, 15) is 8.42 Å². The summed E-state index contributed by atoms with van der Waals surface area (Å²) in [4.78, 5) is 0.288. The summed E-state index contributed by atoms with van der Waals surface area (Å²) < 4.78 is 26.9. The van der Waals surface area contributed by atoms with Crippen LogP contribution in [0.3, 0.4) is 0 Å². The first-order chi connectivity index (χ1) is 9.51. The van der Waals surface area contributed by atoms with E-state index >= 15 is 0 Å². The zero-order chi connectivity index (χ0) is 14.6. The van der Waals surface area contributed by atoms with Crippen LogP contribution >= 0.6 is 0 Å². The van der Waals surface area contributed by atoms with Crippen LogP contribution in [0.1, 0.15) is 16.7 Å². The van der Waals surface area contributed by atoms with E-state index in [1.165, 1.54) is 0 Å². The highest BCUT2D eigenvalue weighted by Gasteiger charge is 2.13. The van der Waals surface area contributed by atoms with E-state index in [-0.39, 0.29) is 11.4 Å². The van der Waals surface area contributed by atoms with Gasteiger partial charge in [0.1, 0.15) is 0 Å². The van der Waals surface area contributed by atoms with Gasteiger partial charge in [0.2, 0.25) is 10.0 Å². The number of nitrogens with two attached hydrogens (primary N) is 1. The van der Waals surface area contributed by atoms with Crippen LogP contribution in [0.25, 0.3) is 0 Å². The molecular weight excluding hydrogens is 272 g/mol. The van der Waals surface area contributed by atoms with Gasteiger partial charge in [-0.15, -0.1) is 0 Å². The van der Waals surface area contributed by atoms with Crippen LogP contribution in [-0.2, 0) is 23.1 Å². The van der Waals surface area contributed by atoms with E-state index in [1.807, 2.05) is 37.3 Å². The summed E-state index contributed by atoms with van der Waals surface area (Å²) in [6.07, 6.45) is 0. The molecule has 2 aromatic carbocycles.